The number of hydrogen-bond donors (Lipinski definition) is 2. The van der Waals surface area contributed by atoms with Crippen molar-refractivity contribution in [1.82, 2.24) is 15.1 Å². The number of likely N-dealkylation sites (tertiary alicyclic amines) is 1. The third-order valence-electron chi connectivity index (χ3n) is 6.28. The summed E-state index contributed by atoms with van der Waals surface area (Å²) in [6.45, 7) is 6.01. The van der Waals surface area contributed by atoms with Crippen molar-refractivity contribution in [2.75, 3.05) is 56.0 Å². The molecule has 8 heteroatoms. The summed E-state index contributed by atoms with van der Waals surface area (Å²) in [6.07, 6.45) is 2.01. The van der Waals surface area contributed by atoms with E-state index < -0.39 is 6.03 Å². The number of piperazine rings is 1. The Morgan fingerprint density at radius 2 is 1.52 bits per heavy atom. The molecule has 4 rings (SSSR count). The van der Waals surface area contributed by atoms with Crippen LogP contribution in [-0.4, -0.2) is 73.5 Å². The molecule has 2 aromatic carbocycles. The monoisotopic (exact) mass is 449 g/mol. The summed E-state index contributed by atoms with van der Waals surface area (Å²) >= 11 is 0. The Morgan fingerprint density at radius 3 is 2.21 bits per heavy atom. The molecule has 2 fully saturated rings. The van der Waals surface area contributed by atoms with Crippen LogP contribution >= 0.6 is 0 Å². The van der Waals surface area contributed by atoms with Crippen LogP contribution in [0.1, 0.15) is 28.8 Å². The fourth-order valence-electron chi connectivity index (χ4n) is 4.42. The zero-order valence-electron chi connectivity index (χ0n) is 19.0. The molecule has 0 spiro atoms. The van der Waals surface area contributed by atoms with Gasteiger partial charge in [-0.25, -0.2) is 4.79 Å². The maximum Gasteiger partial charge on any atom is 0.319 e. The smallest absolute Gasteiger partial charge is 0.319 e. The number of benzene rings is 2. The Labute approximate surface area is 194 Å². The van der Waals surface area contributed by atoms with Gasteiger partial charge in [0, 0.05) is 45.0 Å². The van der Waals surface area contributed by atoms with E-state index in [1.165, 1.54) is 0 Å². The highest BCUT2D eigenvalue weighted by Gasteiger charge is 2.25. The van der Waals surface area contributed by atoms with Crippen molar-refractivity contribution >= 4 is 29.2 Å². The van der Waals surface area contributed by atoms with Crippen LogP contribution in [-0.2, 0) is 4.79 Å². The van der Waals surface area contributed by atoms with E-state index in [2.05, 4.69) is 27.7 Å². The molecule has 33 heavy (non-hydrogen) atoms. The van der Waals surface area contributed by atoms with Crippen LogP contribution in [0.2, 0.25) is 0 Å². The molecule has 0 atom stereocenters. The van der Waals surface area contributed by atoms with Crippen molar-refractivity contribution in [2.45, 2.75) is 19.8 Å². The number of anilines is 2. The Balaban J connectivity index is 1.29. The second-order valence-electron chi connectivity index (χ2n) is 8.51. The van der Waals surface area contributed by atoms with E-state index in [0.717, 1.165) is 50.3 Å². The fourth-order valence-corrected chi connectivity index (χ4v) is 4.42. The molecule has 0 bridgehead atoms. The summed E-state index contributed by atoms with van der Waals surface area (Å²) in [4.78, 5) is 43.9. The SMILES string of the molecule is Cc1cccc(NC(=O)NCC(=O)N2CCN(c3ccccc3)CC2)c1C(=O)N1CCCC1. The van der Waals surface area contributed by atoms with Crippen molar-refractivity contribution in [1.29, 1.82) is 0 Å². The highest BCUT2D eigenvalue weighted by Crippen LogP contribution is 2.23. The number of urea groups is 1. The fraction of sp³-hybridized carbons (Fsp3) is 0.400. The summed E-state index contributed by atoms with van der Waals surface area (Å²) in [5, 5.41) is 5.41. The van der Waals surface area contributed by atoms with Gasteiger partial charge in [0.2, 0.25) is 5.91 Å². The van der Waals surface area contributed by atoms with Crippen molar-refractivity contribution in [3.8, 4) is 0 Å². The predicted octanol–water partition coefficient (Wildman–Crippen LogP) is 2.70. The van der Waals surface area contributed by atoms with E-state index in [1.54, 1.807) is 11.0 Å². The van der Waals surface area contributed by atoms with Gasteiger partial charge in [0.1, 0.15) is 0 Å². The first kappa shape index (κ1) is 22.6. The van der Waals surface area contributed by atoms with Gasteiger partial charge in [0.15, 0.2) is 0 Å². The van der Waals surface area contributed by atoms with E-state index >= 15 is 0 Å². The van der Waals surface area contributed by atoms with E-state index in [4.69, 9.17) is 0 Å². The third-order valence-corrected chi connectivity index (χ3v) is 6.28. The molecule has 2 N–H and O–H groups in total. The predicted molar refractivity (Wildman–Crippen MR) is 129 cm³/mol. The molecule has 2 saturated heterocycles. The maximum atomic E-state index is 13.0. The Hall–Kier alpha value is -3.55. The van der Waals surface area contributed by atoms with Crippen LogP contribution in [0.25, 0.3) is 0 Å². The Morgan fingerprint density at radius 1 is 0.818 bits per heavy atom. The number of para-hydroxylation sites is 1. The van der Waals surface area contributed by atoms with E-state index in [9.17, 15) is 14.4 Å². The minimum absolute atomic E-state index is 0.0618. The van der Waals surface area contributed by atoms with Gasteiger partial charge < -0.3 is 25.3 Å². The number of carbonyl (C=O) groups excluding carboxylic acids is 3. The van der Waals surface area contributed by atoms with Gasteiger partial charge >= 0.3 is 6.03 Å². The Kier molecular flexibility index (Phi) is 7.12. The number of aryl methyl sites for hydroxylation is 1. The molecule has 0 unspecified atom stereocenters. The van der Waals surface area contributed by atoms with Crippen molar-refractivity contribution in [3.05, 3.63) is 59.7 Å². The zero-order valence-corrected chi connectivity index (χ0v) is 19.0. The van der Waals surface area contributed by atoms with Crippen LogP contribution in [0.4, 0.5) is 16.2 Å². The maximum absolute atomic E-state index is 13.0. The molecule has 174 valence electrons. The quantitative estimate of drug-likeness (QED) is 0.735. The molecule has 4 amide bonds. The van der Waals surface area contributed by atoms with Gasteiger partial charge in [-0.1, -0.05) is 30.3 Å². The van der Waals surface area contributed by atoms with Gasteiger partial charge in [-0.15, -0.1) is 0 Å². The van der Waals surface area contributed by atoms with Gasteiger partial charge in [-0.05, 0) is 43.5 Å². The van der Waals surface area contributed by atoms with Crippen LogP contribution < -0.4 is 15.5 Å². The number of nitrogens with one attached hydrogen (secondary N) is 2. The Bertz CT molecular complexity index is 996. The van der Waals surface area contributed by atoms with Crippen LogP contribution in [0.5, 0.6) is 0 Å². The highest BCUT2D eigenvalue weighted by molar-refractivity contribution is 6.05. The molecule has 2 aliphatic rings. The van der Waals surface area contributed by atoms with Crippen LogP contribution in [0.15, 0.2) is 48.5 Å². The van der Waals surface area contributed by atoms with E-state index in [0.29, 0.717) is 24.3 Å². The molecular formula is C25H31N5O3. The molecule has 2 aliphatic heterocycles. The van der Waals surface area contributed by atoms with E-state index in [1.807, 2.05) is 42.2 Å². The lowest BCUT2D eigenvalue weighted by atomic mass is 10.1. The minimum atomic E-state index is -0.493. The van der Waals surface area contributed by atoms with Crippen molar-refractivity contribution in [2.24, 2.45) is 0 Å². The van der Waals surface area contributed by atoms with Gasteiger partial charge in [0.25, 0.3) is 5.91 Å². The summed E-state index contributed by atoms with van der Waals surface area (Å²) in [7, 11) is 0. The molecule has 2 aromatic rings. The van der Waals surface area contributed by atoms with Crippen LogP contribution in [0, 0.1) is 6.92 Å². The number of hydrogen-bond acceptors (Lipinski definition) is 4. The molecule has 0 saturated carbocycles. The summed E-state index contributed by atoms with van der Waals surface area (Å²) in [5.41, 5.74) is 2.95. The molecule has 8 nitrogen and oxygen atoms in total. The topological polar surface area (TPSA) is 85.0 Å². The third kappa shape index (κ3) is 5.45. The number of rotatable bonds is 5. The van der Waals surface area contributed by atoms with Gasteiger partial charge in [-0.3, -0.25) is 9.59 Å². The average molecular weight is 450 g/mol. The zero-order chi connectivity index (χ0) is 23.2. The van der Waals surface area contributed by atoms with E-state index in [-0.39, 0.29) is 18.4 Å². The second-order valence-corrected chi connectivity index (χ2v) is 8.51. The standard InChI is InChI=1S/C25H31N5O3/c1-19-8-7-11-21(23(19)24(32)30-12-5-6-13-30)27-25(33)26-18-22(31)29-16-14-28(15-17-29)20-9-3-2-4-10-20/h2-4,7-11H,5-6,12-18H2,1H3,(H2,26,27,33). The van der Waals surface area contributed by atoms with Gasteiger partial charge in [0.05, 0.1) is 17.8 Å². The number of nitrogens with zero attached hydrogens (tertiary/aromatic N) is 3. The lowest BCUT2D eigenvalue weighted by Crippen LogP contribution is -2.51. The summed E-state index contributed by atoms with van der Waals surface area (Å²) in [5.74, 6) is -0.177. The summed E-state index contributed by atoms with van der Waals surface area (Å²) in [6, 6.07) is 15.0. The first-order chi connectivity index (χ1) is 16.0. The van der Waals surface area contributed by atoms with Crippen LogP contribution in [0.3, 0.4) is 0 Å². The summed E-state index contributed by atoms with van der Waals surface area (Å²) < 4.78 is 0. The molecule has 0 aliphatic carbocycles. The lowest BCUT2D eigenvalue weighted by molar-refractivity contribution is -0.130. The number of carbonyl (C=O) groups is 3. The second kappa shape index (κ2) is 10.4. The number of amides is 4. The van der Waals surface area contributed by atoms with Gasteiger partial charge in [-0.2, -0.15) is 0 Å². The minimum Gasteiger partial charge on any atom is -0.368 e. The normalized spacial score (nSPS) is 16.0. The largest absolute Gasteiger partial charge is 0.368 e. The van der Waals surface area contributed by atoms with Crippen molar-refractivity contribution in [3.63, 3.8) is 0 Å². The molecule has 0 radical (unpaired) electrons. The highest BCUT2D eigenvalue weighted by atomic mass is 16.2. The first-order valence-electron chi connectivity index (χ1n) is 11.5. The van der Waals surface area contributed by atoms with Crippen molar-refractivity contribution < 1.29 is 14.4 Å². The molecular weight excluding hydrogens is 418 g/mol. The lowest BCUT2D eigenvalue weighted by Gasteiger charge is -2.36. The molecule has 0 aromatic heterocycles. The molecule has 2 heterocycles. The first-order valence-corrected chi connectivity index (χ1v) is 11.5. The average Bonchev–Trinajstić information content (AvgIpc) is 3.38.